The molecule has 1 aromatic carbocycles. The highest BCUT2D eigenvalue weighted by atomic mass is 16.6. The Kier molecular flexibility index (Phi) is 5.70. The first-order valence-electron chi connectivity index (χ1n) is 7.71. The van der Waals surface area contributed by atoms with Gasteiger partial charge in [0.15, 0.2) is 0 Å². The van der Waals surface area contributed by atoms with Gasteiger partial charge in [0.25, 0.3) is 5.69 Å². The maximum Gasteiger partial charge on any atom is 0.273 e. The Labute approximate surface area is 125 Å². The number of hydrogen-bond acceptors (Lipinski definition) is 4. The van der Waals surface area contributed by atoms with E-state index >= 15 is 0 Å². The monoisotopic (exact) mass is 292 g/mol. The van der Waals surface area contributed by atoms with E-state index in [4.69, 9.17) is 0 Å². The van der Waals surface area contributed by atoms with Crippen molar-refractivity contribution >= 4 is 5.69 Å². The molecule has 1 saturated carbocycles. The van der Waals surface area contributed by atoms with Gasteiger partial charge in [-0.25, -0.2) is 0 Å². The van der Waals surface area contributed by atoms with Crippen LogP contribution in [0.2, 0.25) is 0 Å². The zero-order valence-electron chi connectivity index (χ0n) is 12.4. The lowest BCUT2D eigenvalue weighted by Gasteiger charge is -2.37. The van der Waals surface area contributed by atoms with Gasteiger partial charge in [-0.2, -0.15) is 0 Å². The number of benzene rings is 1. The van der Waals surface area contributed by atoms with Gasteiger partial charge in [-0.15, -0.1) is 0 Å². The van der Waals surface area contributed by atoms with E-state index in [-0.39, 0.29) is 22.6 Å². The predicted octanol–water partition coefficient (Wildman–Crippen LogP) is 3.02. The number of nitro groups is 1. The minimum atomic E-state index is -0.332. The van der Waals surface area contributed by atoms with Crippen molar-refractivity contribution in [3.05, 3.63) is 39.9 Å². The second-order valence-corrected chi connectivity index (χ2v) is 6.02. The van der Waals surface area contributed by atoms with Crippen LogP contribution in [0.25, 0.3) is 0 Å². The molecule has 0 atom stereocenters. The molecule has 0 saturated heterocycles. The third-order valence-corrected chi connectivity index (χ3v) is 4.56. The summed E-state index contributed by atoms with van der Waals surface area (Å²) in [6.07, 6.45) is 6.80. The molecular formula is C16H24N2O3. The van der Waals surface area contributed by atoms with E-state index in [0.717, 1.165) is 31.4 Å². The van der Waals surface area contributed by atoms with Gasteiger partial charge in [-0.3, -0.25) is 10.1 Å². The lowest BCUT2D eigenvalue weighted by atomic mass is 9.72. The van der Waals surface area contributed by atoms with Crippen molar-refractivity contribution in [2.45, 2.75) is 45.1 Å². The molecule has 21 heavy (non-hydrogen) atoms. The molecule has 1 aliphatic rings. The molecule has 1 aliphatic carbocycles. The zero-order chi connectivity index (χ0) is 15.1. The van der Waals surface area contributed by atoms with Gasteiger partial charge in [-0.05, 0) is 24.7 Å². The largest absolute Gasteiger partial charge is 0.396 e. The standard InChI is InChI=1S/C16H24N2O3/c19-11-10-16(8-4-1-5-9-16)13-17-12-14-6-2-3-7-15(14)18(20)21/h2-3,6-7,17,19H,1,4-5,8-13H2. The molecule has 1 aromatic rings. The molecule has 1 fully saturated rings. The van der Waals surface area contributed by atoms with Gasteiger partial charge in [-0.1, -0.05) is 37.5 Å². The summed E-state index contributed by atoms with van der Waals surface area (Å²) in [5.41, 5.74) is 1.05. The number of nitrogens with zero attached hydrogens (tertiary/aromatic N) is 1. The second kappa shape index (κ2) is 7.52. The Morgan fingerprint density at radius 2 is 1.95 bits per heavy atom. The van der Waals surface area contributed by atoms with Crippen molar-refractivity contribution in [2.24, 2.45) is 5.41 Å². The maximum atomic E-state index is 11.0. The quantitative estimate of drug-likeness (QED) is 0.598. The average Bonchev–Trinajstić information content (AvgIpc) is 2.49. The van der Waals surface area contributed by atoms with Crippen LogP contribution >= 0.6 is 0 Å². The van der Waals surface area contributed by atoms with Gasteiger partial charge in [0, 0.05) is 31.3 Å². The first-order valence-corrected chi connectivity index (χ1v) is 7.71. The molecular weight excluding hydrogens is 268 g/mol. The highest BCUT2D eigenvalue weighted by Crippen LogP contribution is 2.38. The Morgan fingerprint density at radius 1 is 1.24 bits per heavy atom. The predicted molar refractivity (Wildman–Crippen MR) is 82.0 cm³/mol. The van der Waals surface area contributed by atoms with E-state index in [1.165, 1.54) is 19.3 Å². The molecule has 5 nitrogen and oxygen atoms in total. The van der Waals surface area contributed by atoms with Gasteiger partial charge < -0.3 is 10.4 Å². The molecule has 0 aromatic heterocycles. The molecule has 0 heterocycles. The van der Waals surface area contributed by atoms with Gasteiger partial charge in [0.1, 0.15) is 0 Å². The number of para-hydroxylation sites is 1. The van der Waals surface area contributed by atoms with Crippen molar-refractivity contribution in [1.29, 1.82) is 0 Å². The lowest BCUT2D eigenvalue weighted by Crippen LogP contribution is -2.36. The van der Waals surface area contributed by atoms with Crippen LogP contribution in [0.1, 0.15) is 44.1 Å². The zero-order valence-corrected chi connectivity index (χ0v) is 12.4. The molecule has 116 valence electrons. The Balaban J connectivity index is 1.95. The summed E-state index contributed by atoms with van der Waals surface area (Å²) in [7, 11) is 0. The number of nitro benzene ring substituents is 1. The minimum Gasteiger partial charge on any atom is -0.396 e. The third-order valence-electron chi connectivity index (χ3n) is 4.56. The molecule has 0 amide bonds. The number of rotatable bonds is 7. The van der Waals surface area contributed by atoms with Crippen LogP contribution in [-0.2, 0) is 6.54 Å². The van der Waals surface area contributed by atoms with Gasteiger partial charge >= 0.3 is 0 Å². The molecule has 0 unspecified atom stereocenters. The summed E-state index contributed by atoms with van der Waals surface area (Å²) in [5.74, 6) is 0. The van der Waals surface area contributed by atoms with Gasteiger partial charge in [0.05, 0.1) is 4.92 Å². The number of hydrogen-bond donors (Lipinski definition) is 2. The van der Waals surface area contributed by atoms with E-state index in [1.807, 2.05) is 6.07 Å². The molecule has 0 aliphatic heterocycles. The molecule has 0 radical (unpaired) electrons. The molecule has 0 bridgehead atoms. The van der Waals surface area contributed by atoms with Crippen molar-refractivity contribution in [2.75, 3.05) is 13.2 Å². The van der Waals surface area contributed by atoms with Crippen LogP contribution in [0.3, 0.4) is 0 Å². The first kappa shape index (κ1) is 15.9. The number of nitrogens with one attached hydrogen (secondary N) is 1. The van der Waals surface area contributed by atoms with E-state index in [2.05, 4.69) is 5.32 Å². The Morgan fingerprint density at radius 3 is 2.62 bits per heavy atom. The van der Waals surface area contributed by atoms with Crippen molar-refractivity contribution in [3.63, 3.8) is 0 Å². The fourth-order valence-corrected chi connectivity index (χ4v) is 3.35. The molecule has 2 rings (SSSR count). The second-order valence-electron chi connectivity index (χ2n) is 6.02. The van der Waals surface area contributed by atoms with Crippen LogP contribution in [0, 0.1) is 15.5 Å². The molecule has 5 heteroatoms. The summed E-state index contributed by atoms with van der Waals surface area (Å²) in [6, 6.07) is 6.86. The fraction of sp³-hybridized carbons (Fsp3) is 0.625. The van der Waals surface area contributed by atoms with E-state index in [9.17, 15) is 15.2 Å². The summed E-state index contributed by atoms with van der Waals surface area (Å²) in [4.78, 5) is 10.7. The van der Waals surface area contributed by atoms with Crippen LogP contribution in [0.4, 0.5) is 5.69 Å². The van der Waals surface area contributed by atoms with Crippen molar-refractivity contribution < 1.29 is 10.0 Å². The van der Waals surface area contributed by atoms with E-state index < -0.39 is 0 Å². The topological polar surface area (TPSA) is 75.4 Å². The number of aliphatic hydroxyl groups is 1. The van der Waals surface area contributed by atoms with Crippen LogP contribution in [0.15, 0.2) is 24.3 Å². The number of aliphatic hydroxyl groups excluding tert-OH is 1. The molecule has 2 N–H and O–H groups in total. The maximum absolute atomic E-state index is 11.0. The summed E-state index contributed by atoms with van der Waals surface area (Å²) in [5, 5.41) is 23.7. The lowest BCUT2D eigenvalue weighted by molar-refractivity contribution is -0.385. The normalized spacial score (nSPS) is 17.6. The SMILES string of the molecule is O=[N+]([O-])c1ccccc1CNCC1(CCO)CCCCC1. The fourth-order valence-electron chi connectivity index (χ4n) is 3.35. The molecule has 0 spiro atoms. The highest BCUT2D eigenvalue weighted by molar-refractivity contribution is 5.39. The third kappa shape index (κ3) is 4.25. The highest BCUT2D eigenvalue weighted by Gasteiger charge is 2.31. The Bertz CT molecular complexity index is 465. The summed E-state index contributed by atoms with van der Waals surface area (Å²) in [6.45, 7) is 1.54. The van der Waals surface area contributed by atoms with E-state index in [0.29, 0.717) is 6.54 Å². The van der Waals surface area contributed by atoms with Crippen molar-refractivity contribution in [3.8, 4) is 0 Å². The Hall–Kier alpha value is -1.46. The smallest absolute Gasteiger partial charge is 0.273 e. The van der Waals surface area contributed by atoms with Crippen LogP contribution in [-0.4, -0.2) is 23.2 Å². The van der Waals surface area contributed by atoms with Gasteiger partial charge in [0.2, 0.25) is 0 Å². The van der Waals surface area contributed by atoms with Crippen molar-refractivity contribution in [1.82, 2.24) is 5.32 Å². The summed E-state index contributed by atoms with van der Waals surface area (Å²) < 4.78 is 0. The summed E-state index contributed by atoms with van der Waals surface area (Å²) >= 11 is 0. The van der Waals surface area contributed by atoms with Crippen LogP contribution < -0.4 is 5.32 Å². The average molecular weight is 292 g/mol. The minimum absolute atomic E-state index is 0.163. The van der Waals surface area contributed by atoms with E-state index in [1.54, 1.807) is 18.2 Å². The van der Waals surface area contributed by atoms with Crippen LogP contribution in [0.5, 0.6) is 0 Å². The first-order chi connectivity index (χ1) is 10.2.